The number of hydrogen-bond donors (Lipinski definition) is 1. The van der Waals surface area contributed by atoms with Gasteiger partial charge in [0.2, 0.25) is 11.9 Å². The molecule has 0 radical (unpaired) electrons. The summed E-state index contributed by atoms with van der Waals surface area (Å²) >= 11 is 0. The monoisotopic (exact) mass is 332 g/mol. The Bertz CT molecular complexity index is 604. The van der Waals surface area contributed by atoms with Gasteiger partial charge in [-0.2, -0.15) is 0 Å². The van der Waals surface area contributed by atoms with Crippen molar-refractivity contribution in [2.75, 3.05) is 18.4 Å². The van der Waals surface area contributed by atoms with Crippen LogP contribution in [0.4, 0.5) is 5.95 Å². The summed E-state index contributed by atoms with van der Waals surface area (Å²) in [6.07, 6.45) is 4.37. The lowest BCUT2D eigenvalue weighted by Gasteiger charge is -2.32. The van der Waals surface area contributed by atoms with Crippen molar-refractivity contribution in [3.8, 4) is 0 Å². The number of rotatable bonds is 3. The van der Waals surface area contributed by atoms with E-state index in [2.05, 4.69) is 15.3 Å². The van der Waals surface area contributed by atoms with Gasteiger partial charge in [0.15, 0.2) is 0 Å². The van der Waals surface area contributed by atoms with Crippen LogP contribution < -0.4 is 10.8 Å². The molecule has 0 bridgehead atoms. The van der Waals surface area contributed by atoms with Crippen molar-refractivity contribution in [2.24, 2.45) is 0 Å². The number of amides is 1. The maximum Gasteiger partial charge on any atom is 0.498 e. The van der Waals surface area contributed by atoms with Crippen LogP contribution in [0.1, 0.15) is 41.0 Å². The maximum atomic E-state index is 11.4. The number of nitrogens with zero attached hydrogens (tertiary/aromatic N) is 3. The minimum Gasteiger partial charge on any atom is -0.399 e. The Kier molecular flexibility index (Phi) is 4.29. The van der Waals surface area contributed by atoms with Crippen LogP contribution in [-0.2, 0) is 14.1 Å². The number of anilines is 1. The molecule has 8 heteroatoms. The van der Waals surface area contributed by atoms with Crippen LogP contribution in [0.5, 0.6) is 0 Å². The summed E-state index contributed by atoms with van der Waals surface area (Å²) in [7, 11) is -0.455. The normalized spacial score (nSPS) is 25.1. The molecule has 0 aromatic carbocycles. The highest BCUT2D eigenvalue weighted by molar-refractivity contribution is 6.61. The first-order chi connectivity index (χ1) is 11.2. The summed E-state index contributed by atoms with van der Waals surface area (Å²) in [6, 6.07) is 0.191. The van der Waals surface area contributed by atoms with E-state index in [1.54, 1.807) is 19.3 Å². The molecule has 24 heavy (non-hydrogen) atoms. The molecule has 0 spiro atoms. The second-order valence-corrected chi connectivity index (χ2v) is 7.52. The Morgan fingerprint density at radius 2 is 1.83 bits per heavy atom. The fourth-order valence-corrected chi connectivity index (χ4v) is 2.86. The second kappa shape index (κ2) is 6.00. The number of carbonyl (C=O) groups excluding carboxylic acids is 1. The van der Waals surface area contributed by atoms with Crippen molar-refractivity contribution in [3.05, 3.63) is 12.4 Å². The van der Waals surface area contributed by atoms with Crippen LogP contribution in [0.25, 0.3) is 0 Å². The van der Waals surface area contributed by atoms with Crippen LogP contribution in [-0.4, -0.2) is 58.2 Å². The van der Waals surface area contributed by atoms with Gasteiger partial charge in [-0.05, 0) is 34.1 Å². The molecule has 2 saturated heterocycles. The van der Waals surface area contributed by atoms with Crippen molar-refractivity contribution < 1.29 is 14.1 Å². The maximum absolute atomic E-state index is 11.4. The summed E-state index contributed by atoms with van der Waals surface area (Å²) in [5.74, 6) is 0.669. The number of aromatic nitrogens is 2. The molecular weight excluding hydrogens is 307 g/mol. The van der Waals surface area contributed by atoms with E-state index >= 15 is 0 Å². The van der Waals surface area contributed by atoms with Crippen molar-refractivity contribution in [1.29, 1.82) is 0 Å². The van der Waals surface area contributed by atoms with Crippen LogP contribution in [0.2, 0.25) is 0 Å². The minimum absolute atomic E-state index is 0.108. The highest BCUT2D eigenvalue weighted by Gasteiger charge is 2.51. The Hall–Kier alpha value is -1.67. The molecule has 1 amide bonds. The van der Waals surface area contributed by atoms with E-state index in [4.69, 9.17) is 9.31 Å². The van der Waals surface area contributed by atoms with E-state index in [-0.39, 0.29) is 23.2 Å². The fraction of sp³-hybridized carbons (Fsp3) is 0.688. The predicted octanol–water partition coefficient (Wildman–Crippen LogP) is 0.808. The second-order valence-electron chi connectivity index (χ2n) is 7.52. The molecule has 1 aromatic rings. The molecule has 1 atom stereocenters. The number of hydrogen-bond acceptors (Lipinski definition) is 6. The van der Waals surface area contributed by atoms with E-state index in [1.807, 2.05) is 32.6 Å². The van der Waals surface area contributed by atoms with Crippen molar-refractivity contribution in [1.82, 2.24) is 14.9 Å². The molecule has 1 N–H and O–H groups in total. The fourth-order valence-electron chi connectivity index (χ4n) is 2.86. The Balaban J connectivity index is 1.62. The lowest BCUT2D eigenvalue weighted by atomic mass is 9.81. The third-order valence-corrected chi connectivity index (χ3v) is 5.16. The molecule has 2 fully saturated rings. The van der Waals surface area contributed by atoms with E-state index < -0.39 is 7.12 Å². The molecule has 1 aromatic heterocycles. The van der Waals surface area contributed by atoms with Gasteiger partial charge in [0.1, 0.15) is 0 Å². The number of carbonyl (C=O) groups is 1. The Labute approximate surface area is 143 Å². The predicted molar refractivity (Wildman–Crippen MR) is 92.0 cm³/mol. The van der Waals surface area contributed by atoms with Crippen molar-refractivity contribution in [3.63, 3.8) is 0 Å². The molecular formula is C16H25BN4O3. The first kappa shape index (κ1) is 17.2. The van der Waals surface area contributed by atoms with Gasteiger partial charge < -0.3 is 19.5 Å². The van der Waals surface area contributed by atoms with Gasteiger partial charge in [-0.15, -0.1) is 0 Å². The summed E-state index contributed by atoms with van der Waals surface area (Å²) in [5, 5.41) is 3.28. The van der Waals surface area contributed by atoms with E-state index in [9.17, 15) is 4.79 Å². The largest absolute Gasteiger partial charge is 0.498 e. The van der Waals surface area contributed by atoms with E-state index in [0.717, 1.165) is 18.4 Å². The van der Waals surface area contributed by atoms with Crippen LogP contribution in [0.15, 0.2) is 12.4 Å². The highest BCUT2D eigenvalue weighted by Crippen LogP contribution is 2.36. The Morgan fingerprint density at radius 3 is 2.33 bits per heavy atom. The van der Waals surface area contributed by atoms with Crippen LogP contribution in [0, 0.1) is 0 Å². The van der Waals surface area contributed by atoms with E-state index in [1.165, 1.54) is 0 Å². The number of nitrogens with one attached hydrogen (secondary N) is 1. The molecule has 2 aliphatic heterocycles. The average Bonchev–Trinajstić information content (AvgIpc) is 3.03. The zero-order valence-electron chi connectivity index (χ0n) is 15.0. The smallest absolute Gasteiger partial charge is 0.399 e. The molecule has 0 saturated carbocycles. The highest BCUT2D eigenvalue weighted by atomic mass is 16.7. The Morgan fingerprint density at radius 1 is 1.25 bits per heavy atom. The molecule has 3 heterocycles. The summed E-state index contributed by atoms with van der Waals surface area (Å²) in [6.45, 7) is 11.1. The van der Waals surface area contributed by atoms with Gasteiger partial charge >= 0.3 is 7.12 Å². The van der Waals surface area contributed by atoms with Crippen LogP contribution >= 0.6 is 0 Å². The van der Waals surface area contributed by atoms with Crippen LogP contribution in [0.3, 0.4) is 0 Å². The molecule has 0 aliphatic carbocycles. The average molecular weight is 332 g/mol. The summed E-state index contributed by atoms with van der Waals surface area (Å²) in [5.41, 5.74) is 0.0411. The topological polar surface area (TPSA) is 76.6 Å². The summed E-state index contributed by atoms with van der Waals surface area (Å²) < 4.78 is 12.0. The van der Waals surface area contributed by atoms with Crippen molar-refractivity contribution in [2.45, 2.75) is 58.3 Å². The minimum atomic E-state index is -0.455. The molecule has 3 rings (SSSR count). The standard InChI is InChI=1S/C16H25BN4O3/c1-11(22)21-7-6-13(10-21)20-14-18-8-12(9-19-14)17-23-15(2,3)16(4,5)24-17/h8-9,13H,6-7,10H2,1-5H3,(H,18,19,20)/t13-/m1/s1. The van der Waals surface area contributed by atoms with Gasteiger partial charge in [0, 0.05) is 43.9 Å². The lowest BCUT2D eigenvalue weighted by Crippen LogP contribution is -2.41. The molecule has 2 aliphatic rings. The first-order valence-electron chi connectivity index (χ1n) is 8.37. The van der Waals surface area contributed by atoms with Gasteiger partial charge in [0.05, 0.1) is 11.2 Å². The SMILES string of the molecule is CC(=O)N1CC[C@@H](Nc2ncc(B3OC(C)(C)C(C)(C)O3)cn2)C1. The lowest BCUT2D eigenvalue weighted by molar-refractivity contribution is -0.127. The molecule has 0 unspecified atom stereocenters. The van der Waals surface area contributed by atoms with Gasteiger partial charge in [-0.25, -0.2) is 9.97 Å². The first-order valence-corrected chi connectivity index (χ1v) is 8.37. The number of likely N-dealkylation sites (tertiary alicyclic amines) is 1. The zero-order valence-corrected chi connectivity index (χ0v) is 15.0. The summed E-state index contributed by atoms with van der Waals surface area (Å²) in [4.78, 5) is 21.9. The third kappa shape index (κ3) is 3.25. The van der Waals surface area contributed by atoms with Gasteiger partial charge in [-0.1, -0.05) is 0 Å². The molecule has 7 nitrogen and oxygen atoms in total. The third-order valence-electron chi connectivity index (χ3n) is 5.16. The van der Waals surface area contributed by atoms with Crippen molar-refractivity contribution >= 4 is 24.4 Å². The molecule has 130 valence electrons. The zero-order chi connectivity index (χ0) is 17.5. The van der Waals surface area contributed by atoms with Gasteiger partial charge in [0.25, 0.3) is 0 Å². The quantitative estimate of drug-likeness (QED) is 0.826. The van der Waals surface area contributed by atoms with Gasteiger partial charge in [-0.3, -0.25) is 4.79 Å². The van der Waals surface area contributed by atoms with E-state index in [0.29, 0.717) is 12.5 Å².